The molecule has 1 fully saturated rings. The van der Waals surface area contributed by atoms with Gasteiger partial charge in [-0.05, 0) is 19.9 Å². The number of carbonyl (C=O) groups excluding carboxylic acids is 1. The number of nitrogens with one attached hydrogen (secondary N) is 1. The van der Waals surface area contributed by atoms with Gasteiger partial charge < -0.3 is 19.7 Å². The number of amides is 1. The molecule has 0 atom stereocenters. The minimum Gasteiger partial charge on any atom is -0.493 e. The minimum atomic E-state index is -0.564. The van der Waals surface area contributed by atoms with Crippen molar-refractivity contribution in [1.29, 1.82) is 0 Å². The molecule has 1 saturated heterocycles. The van der Waals surface area contributed by atoms with Gasteiger partial charge in [-0.2, -0.15) is 0 Å². The highest BCUT2D eigenvalue weighted by atomic mass is 35.5. The second-order valence-corrected chi connectivity index (χ2v) is 5.11. The van der Waals surface area contributed by atoms with E-state index >= 15 is 0 Å². The molecule has 0 bridgehead atoms. The van der Waals surface area contributed by atoms with Crippen LogP contribution in [-0.2, 0) is 0 Å². The van der Waals surface area contributed by atoms with E-state index in [1.165, 1.54) is 19.2 Å². The summed E-state index contributed by atoms with van der Waals surface area (Å²) >= 11 is 0. The zero-order valence-electron chi connectivity index (χ0n) is 13.7. The van der Waals surface area contributed by atoms with E-state index in [2.05, 4.69) is 5.32 Å². The molecule has 1 aromatic rings. The minimum absolute atomic E-state index is 0. The first kappa shape index (κ1) is 20.0. The van der Waals surface area contributed by atoms with Gasteiger partial charge in [0.05, 0.1) is 24.7 Å². The Morgan fingerprint density at radius 1 is 1.33 bits per heavy atom. The van der Waals surface area contributed by atoms with Crippen molar-refractivity contribution in [2.75, 3.05) is 39.9 Å². The van der Waals surface area contributed by atoms with E-state index in [1.807, 2.05) is 0 Å². The highest BCUT2D eigenvalue weighted by Gasteiger charge is 2.28. The molecule has 0 aliphatic carbocycles. The number of hydrogen-bond donors (Lipinski definition) is 1. The van der Waals surface area contributed by atoms with Gasteiger partial charge in [0.15, 0.2) is 11.5 Å². The molecular formula is C15H22ClN3O5. The maximum Gasteiger partial charge on any atom is 0.286 e. The van der Waals surface area contributed by atoms with Crippen LogP contribution in [0.1, 0.15) is 23.7 Å². The Hall–Kier alpha value is -2.06. The standard InChI is InChI=1S/C15H21N3O5.ClH/c1-3-23-14-10-12(18(20)21)11(9-13(14)22-2)15(19)17-7-4-5-16-6-8-17;/h9-10,16H,3-8H2,1-2H3;1H. The van der Waals surface area contributed by atoms with Gasteiger partial charge in [-0.1, -0.05) is 0 Å². The average Bonchev–Trinajstić information content (AvgIpc) is 2.83. The predicted octanol–water partition coefficient (Wildman–Crippen LogP) is 1.86. The Morgan fingerprint density at radius 2 is 2.08 bits per heavy atom. The van der Waals surface area contributed by atoms with E-state index < -0.39 is 4.92 Å². The molecule has 134 valence electrons. The fraction of sp³-hybridized carbons (Fsp3) is 0.533. The molecule has 0 saturated carbocycles. The highest BCUT2D eigenvalue weighted by Crippen LogP contribution is 2.35. The third-order valence-electron chi connectivity index (χ3n) is 3.64. The molecule has 1 N–H and O–H groups in total. The first-order chi connectivity index (χ1) is 11.1. The molecule has 1 heterocycles. The summed E-state index contributed by atoms with van der Waals surface area (Å²) in [5.74, 6) is 0.214. The van der Waals surface area contributed by atoms with Crippen molar-refractivity contribution < 1.29 is 19.2 Å². The smallest absolute Gasteiger partial charge is 0.286 e. The summed E-state index contributed by atoms with van der Waals surface area (Å²) in [7, 11) is 1.44. The van der Waals surface area contributed by atoms with Crippen LogP contribution in [-0.4, -0.2) is 55.6 Å². The van der Waals surface area contributed by atoms with Crippen LogP contribution in [0.5, 0.6) is 11.5 Å². The lowest BCUT2D eigenvalue weighted by molar-refractivity contribution is -0.385. The summed E-state index contributed by atoms with van der Waals surface area (Å²) in [5.41, 5.74) is -0.242. The first-order valence-corrected chi connectivity index (χ1v) is 7.57. The van der Waals surface area contributed by atoms with Gasteiger partial charge in [0.1, 0.15) is 5.56 Å². The second kappa shape index (κ2) is 9.29. The molecule has 1 aliphatic rings. The second-order valence-electron chi connectivity index (χ2n) is 5.11. The summed E-state index contributed by atoms with van der Waals surface area (Å²) in [6.07, 6.45) is 0.813. The van der Waals surface area contributed by atoms with Gasteiger partial charge in [0, 0.05) is 25.7 Å². The van der Waals surface area contributed by atoms with Crippen LogP contribution in [0.4, 0.5) is 5.69 Å². The van der Waals surface area contributed by atoms with Crippen LogP contribution in [0.2, 0.25) is 0 Å². The molecule has 0 spiro atoms. The van der Waals surface area contributed by atoms with Gasteiger partial charge in [0.25, 0.3) is 11.6 Å². The molecule has 0 aromatic heterocycles. The number of nitro benzene ring substituents is 1. The lowest BCUT2D eigenvalue weighted by atomic mass is 10.1. The van der Waals surface area contributed by atoms with E-state index in [1.54, 1.807) is 11.8 Å². The number of methoxy groups -OCH3 is 1. The Bertz CT molecular complexity index is 589. The van der Waals surface area contributed by atoms with Crippen molar-refractivity contribution in [2.24, 2.45) is 0 Å². The third-order valence-corrected chi connectivity index (χ3v) is 3.64. The van der Waals surface area contributed by atoms with Gasteiger partial charge >= 0.3 is 0 Å². The molecule has 9 heteroatoms. The number of halogens is 1. The summed E-state index contributed by atoms with van der Waals surface area (Å²) in [5, 5.41) is 14.6. The number of nitro groups is 1. The van der Waals surface area contributed by atoms with Crippen LogP contribution in [0.25, 0.3) is 0 Å². The van der Waals surface area contributed by atoms with E-state index in [0.29, 0.717) is 32.0 Å². The van der Waals surface area contributed by atoms with Crippen LogP contribution in [0.15, 0.2) is 12.1 Å². The Labute approximate surface area is 146 Å². The fourth-order valence-corrected chi connectivity index (χ4v) is 2.52. The van der Waals surface area contributed by atoms with Crippen LogP contribution < -0.4 is 14.8 Å². The number of carbonyl (C=O) groups is 1. The lowest BCUT2D eigenvalue weighted by Crippen LogP contribution is -2.34. The van der Waals surface area contributed by atoms with Crippen molar-refractivity contribution in [1.82, 2.24) is 10.2 Å². The number of hydrogen-bond acceptors (Lipinski definition) is 6. The number of benzene rings is 1. The van der Waals surface area contributed by atoms with Crippen LogP contribution >= 0.6 is 12.4 Å². The zero-order valence-corrected chi connectivity index (χ0v) is 14.6. The molecule has 8 nitrogen and oxygen atoms in total. The van der Waals surface area contributed by atoms with E-state index in [4.69, 9.17) is 9.47 Å². The van der Waals surface area contributed by atoms with Crippen molar-refractivity contribution in [3.8, 4) is 11.5 Å². The number of rotatable bonds is 5. The van der Waals surface area contributed by atoms with Crippen LogP contribution in [0.3, 0.4) is 0 Å². The van der Waals surface area contributed by atoms with Gasteiger partial charge in [0.2, 0.25) is 0 Å². The van der Waals surface area contributed by atoms with E-state index in [0.717, 1.165) is 13.0 Å². The van der Waals surface area contributed by atoms with Crippen molar-refractivity contribution >= 4 is 24.0 Å². The monoisotopic (exact) mass is 359 g/mol. The van der Waals surface area contributed by atoms with Crippen molar-refractivity contribution in [3.63, 3.8) is 0 Å². The van der Waals surface area contributed by atoms with Crippen molar-refractivity contribution in [2.45, 2.75) is 13.3 Å². The zero-order chi connectivity index (χ0) is 16.8. The summed E-state index contributed by atoms with van der Waals surface area (Å²) in [6, 6.07) is 2.65. The normalized spacial score (nSPS) is 14.3. The first-order valence-electron chi connectivity index (χ1n) is 7.57. The van der Waals surface area contributed by atoms with Gasteiger partial charge in [-0.15, -0.1) is 12.4 Å². The van der Waals surface area contributed by atoms with Gasteiger partial charge in [-0.25, -0.2) is 0 Å². The lowest BCUT2D eigenvalue weighted by Gasteiger charge is -2.20. The van der Waals surface area contributed by atoms with Gasteiger partial charge in [-0.3, -0.25) is 14.9 Å². The van der Waals surface area contributed by atoms with Crippen LogP contribution in [0, 0.1) is 10.1 Å². The molecule has 24 heavy (non-hydrogen) atoms. The predicted molar refractivity (Wildman–Crippen MR) is 91.5 cm³/mol. The molecule has 0 radical (unpaired) electrons. The van der Waals surface area contributed by atoms with E-state index in [-0.39, 0.29) is 35.3 Å². The molecular weight excluding hydrogens is 338 g/mol. The third kappa shape index (κ3) is 4.48. The summed E-state index contributed by atoms with van der Waals surface area (Å²) in [4.78, 5) is 25.1. The maximum absolute atomic E-state index is 12.7. The van der Waals surface area contributed by atoms with E-state index in [9.17, 15) is 14.9 Å². The number of nitrogens with zero attached hydrogens (tertiary/aromatic N) is 2. The van der Waals surface area contributed by atoms with Crippen molar-refractivity contribution in [3.05, 3.63) is 27.8 Å². The molecule has 2 rings (SSSR count). The highest BCUT2D eigenvalue weighted by molar-refractivity contribution is 5.99. The largest absolute Gasteiger partial charge is 0.493 e. The quantitative estimate of drug-likeness (QED) is 0.637. The topological polar surface area (TPSA) is 93.9 Å². The Morgan fingerprint density at radius 3 is 2.71 bits per heavy atom. The number of ether oxygens (including phenoxy) is 2. The molecule has 1 amide bonds. The molecule has 1 aliphatic heterocycles. The average molecular weight is 360 g/mol. The fourth-order valence-electron chi connectivity index (χ4n) is 2.52. The maximum atomic E-state index is 12.7. The summed E-state index contributed by atoms with van der Waals surface area (Å²) < 4.78 is 10.6. The Kier molecular flexibility index (Phi) is 7.73. The molecule has 1 aromatic carbocycles. The Balaban J connectivity index is 0.00000288. The SMILES string of the molecule is CCOc1cc([N+](=O)[O-])c(C(=O)N2CCCNCC2)cc1OC.Cl. The summed E-state index contributed by atoms with van der Waals surface area (Å²) in [6.45, 7) is 4.71. The molecule has 0 unspecified atom stereocenters.